The van der Waals surface area contributed by atoms with E-state index in [1.54, 1.807) is 31.6 Å². The summed E-state index contributed by atoms with van der Waals surface area (Å²) in [7, 11) is 1.64. The van der Waals surface area contributed by atoms with Crippen molar-refractivity contribution in [3.8, 4) is 11.5 Å². The zero-order chi connectivity index (χ0) is 22.2. The highest BCUT2D eigenvalue weighted by Crippen LogP contribution is 2.20. The molecule has 1 amide bonds. The zero-order valence-electron chi connectivity index (χ0n) is 18.0. The van der Waals surface area contributed by atoms with Crippen molar-refractivity contribution in [3.63, 3.8) is 0 Å². The molecule has 0 fully saturated rings. The molecule has 0 saturated heterocycles. The van der Waals surface area contributed by atoms with Crippen LogP contribution in [-0.2, 0) is 13.0 Å². The van der Waals surface area contributed by atoms with E-state index >= 15 is 0 Å². The van der Waals surface area contributed by atoms with Crippen LogP contribution in [-0.4, -0.2) is 40.7 Å². The summed E-state index contributed by atoms with van der Waals surface area (Å²) in [6.07, 6.45) is 4.69. The highest BCUT2D eigenvalue weighted by atomic mass is 16.5. The first kappa shape index (κ1) is 21.4. The second-order valence-corrected chi connectivity index (χ2v) is 7.29. The molecular weight excluding hydrogens is 404 g/mol. The molecule has 0 atom stereocenters. The van der Waals surface area contributed by atoms with Gasteiger partial charge in [-0.3, -0.25) is 9.78 Å². The number of para-hydroxylation sites is 2. The van der Waals surface area contributed by atoms with Gasteiger partial charge in [-0.2, -0.15) is 0 Å². The number of rotatable bonds is 10. The number of imidazole rings is 1. The topological polar surface area (TPSA) is 78.3 Å². The third-order valence-electron chi connectivity index (χ3n) is 5.15. The maximum Gasteiger partial charge on any atom is 0.251 e. The second kappa shape index (κ2) is 10.4. The van der Waals surface area contributed by atoms with Crippen molar-refractivity contribution in [2.24, 2.45) is 0 Å². The Morgan fingerprint density at radius 1 is 1.03 bits per heavy atom. The summed E-state index contributed by atoms with van der Waals surface area (Å²) in [5.41, 5.74) is 2.64. The number of fused-ring (bicyclic) bond motifs is 1. The summed E-state index contributed by atoms with van der Waals surface area (Å²) in [5.74, 6) is 2.41. The summed E-state index contributed by atoms with van der Waals surface area (Å²) in [6.45, 7) is 1.86. The molecule has 0 bridgehead atoms. The summed E-state index contributed by atoms with van der Waals surface area (Å²) in [6, 6.07) is 19.1. The lowest BCUT2D eigenvalue weighted by Crippen LogP contribution is -2.26. The van der Waals surface area contributed by atoms with E-state index < -0.39 is 0 Å². The van der Waals surface area contributed by atoms with Crippen LogP contribution in [0.25, 0.3) is 11.0 Å². The molecule has 2 aromatic carbocycles. The predicted octanol–water partition coefficient (Wildman–Crippen LogP) is 3.88. The lowest BCUT2D eigenvalue weighted by molar-refractivity contribution is 0.0954. The number of methoxy groups -OCH3 is 1. The number of ether oxygens (including phenoxy) is 2. The van der Waals surface area contributed by atoms with Crippen molar-refractivity contribution in [3.05, 3.63) is 84.4 Å². The second-order valence-electron chi connectivity index (χ2n) is 7.29. The van der Waals surface area contributed by atoms with E-state index in [2.05, 4.69) is 20.9 Å². The van der Waals surface area contributed by atoms with Crippen LogP contribution < -0.4 is 14.8 Å². The van der Waals surface area contributed by atoms with Gasteiger partial charge in [0.05, 0.1) is 24.8 Å². The number of nitrogens with zero attached hydrogens (tertiary/aromatic N) is 3. The van der Waals surface area contributed by atoms with Crippen LogP contribution in [0.15, 0.2) is 73.1 Å². The molecule has 0 saturated carbocycles. The largest absolute Gasteiger partial charge is 0.497 e. The Balaban J connectivity index is 1.37. The molecule has 2 aromatic heterocycles. The Labute approximate surface area is 187 Å². The van der Waals surface area contributed by atoms with Gasteiger partial charge in [0.15, 0.2) is 0 Å². The number of benzene rings is 2. The van der Waals surface area contributed by atoms with Crippen molar-refractivity contribution in [2.75, 3.05) is 20.3 Å². The molecule has 0 aliphatic rings. The molecular formula is C25H26N4O3. The normalized spacial score (nSPS) is 10.8. The Bertz CT molecular complexity index is 1170. The van der Waals surface area contributed by atoms with Gasteiger partial charge in [-0.1, -0.05) is 18.2 Å². The SMILES string of the molecule is COc1cccc(OCCCn2c(CCNC(=O)c3ccncc3)nc3ccccc32)c1. The van der Waals surface area contributed by atoms with Crippen molar-refractivity contribution in [2.45, 2.75) is 19.4 Å². The van der Waals surface area contributed by atoms with Gasteiger partial charge in [0, 0.05) is 43.5 Å². The number of hydrogen-bond acceptors (Lipinski definition) is 5. The monoisotopic (exact) mass is 430 g/mol. The fraction of sp³-hybridized carbons (Fsp3) is 0.240. The molecule has 0 radical (unpaired) electrons. The van der Waals surface area contributed by atoms with Crippen LogP contribution in [0.2, 0.25) is 0 Å². The van der Waals surface area contributed by atoms with Crippen LogP contribution in [0.5, 0.6) is 11.5 Å². The zero-order valence-corrected chi connectivity index (χ0v) is 18.0. The summed E-state index contributed by atoms with van der Waals surface area (Å²) < 4.78 is 13.3. The van der Waals surface area contributed by atoms with Crippen molar-refractivity contribution in [1.82, 2.24) is 19.9 Å². The first-order valence-electron chi connectivity index (χ1n) is 10.6. The van der Waals surface area contributed by atoms with Gasteiger partial charge in [0.1, 0.15) is 17.3 Å². The fourth-order valence-corrected chi connectivity index (χ4v) is 3.56. The van der Waals surface area contributed by atoms with E-state index in [4.69, 9.17) is 14.5 Å². The lowest BCUT2D eigenvalue weighted by Gasteiger charge is -2.11. The summed E-state index contributed by atoms with van der Waals surface area (Å²) in [5, 5.41) is 2.96. The van der Waals surface area contributed by atoms with Gasteiger partial charge < -0.3 is 19.4 Å². The van der Waals surface area contributed by atoms with Gasteiger partial charge >= 0.3 is 0 Å². The number of pyridine rings is 1. The van der Waals surface area contributed by atoms with Crippen LogP contribution >= 0.6 is 0 Å². The highest BCUT2D eigenvalue weighted by molar-refractivity contribution is 5.93. The number of aromatic nitrogens is 3. The first-order valence-corrected chi connectivity index (χ1v) is 10.6. The number of carbonyl (C=O) groups is 1. The van der Waals surface area contributed by atoms with Crippen molar-refractivity contribution >= 4 is 16.9 Å². The van der Waals surface area contributed by atoms with Crippen molar-refractivity contribution < 1.29 is 14.3 Å². The minimum atomic E-state index is -0.109. The lowest BCUT2D eigenvalue weighted by atomic mass is 10.2. The first-order chi connectivity index (χ1) is 15.7. The van der Waals surface area contributed by atoms with Gasteiger partial charge in [-0.25, -0.2) is 4.98 Å². The third kappa shape index (κ3) is 5.24. The molecule has 2 heterocycles. The van der Waals surface area contributed by atoms with E-state index in [-0.39, 0.29) is 5.91 Å². The Morgan fingerprint density at radius 3 is 2.69 bits per heavy atom. The molecule has 32 heavy (non-hydrogen) atoms. The summed E-state index contributed by atoms with van der Waals surface area (Å²) >= 11 is 0. The van der Waals surface area contributed by atoms with Crippen LogP contribution in [0.1, 0.15) is 22.6 Å². The molecule has 1 N–H and O–H groups in total. The minimum absolute atomic E-state index is 0.109. The molecule has 4 aromatic rings. The van der Waals surface area contributed by atoms with Crippen LogP contribution in [0.4, 0.5) is 0 Å². The standard InChI is InChI=1S/C25H26N4O3/c1-31-20-6-4-7-21(18-20)32-17-5-16-29-23-9-3-2-8-22(23)28-24(29)12-15-27-25(30)19-10-13-26-14-11-19/h2-4,6-11,13-14,18H,5,12,15-17H2,1H3,(H,27,30). The number of carbonyl (C=O) groups excluding carboxylic acids is 1. The van der Waals surface area contributed by atoms with E-state index in [0.29, 0.717) is 25.1 Å². The third-order valence-corrected chi connectivity index (χ3v) is 5.15. The predicted molar refractivity (Wildman–Crippen MR) is 123 cm³/mol. The molecule has 4 rings (SSSR count). The van der Waals surface area contributed by atoms with E-state index in [1.165, 1.54) is 0 Å². The molecule has 0 aliphatic heterocycles. The summed E-state index contributed by atoms with van der Waals surface area (Å²) in [4.78, 5) is 21.0. The van der Waals surface area contributed by atoms with Crippen molar-refractivity contribution in [1.29, 1.82) is 0 Å². The van der Waals surface area contributed by atoms with Gasteiger partial charge in [-0.15, -0.1) is 0 Å². The van der Waals surface area contributed by atoms with E-state index in [9.17, 15) is 4.79 Å². The number of aryl methyl sites for hydroxylation is 1. The maximum atomic E-state index is 12.3. The van der Waals surface area contributed by atoms with Crippen LogP contribution in [0, 0.1) is 0 Å². The molecule has 164 valence electrons. The molecule has 7 heteroatoms. The van der Waals surface area contributed by atoms with E-state index in [0.717, 1.165) is 41.3 Å². The van der Waals surface area contributed by atoms with Gasteiger partial charge in [-0.05, 0) is 42.8 Å². The average molecular weight is 431 g/mol. The quantitative estimate of drug-likeness (QED) is 0.386. The Morgan fingerprint density at radius 2 is 1.84 bits per heavy atom. The maximum absolute atomic E-state index is 12.3. The molecule has 0 unspecified atom stereocenters. The fourth-order valence-electron chi connectivity index (χ4n) is 3.56. The minimum Gasteiger partial charge on any atom is -0.497 e. The van der Waals surface area contributed by atoms with Gasteiger partial charge in [0.25, 0.3) is 5.91 Å². The van der Waals surface area contributed by atoms with E-state index in [1.807, 2.05) is 42.5 Å². The number of amides is 1. The Hall–Kier alpha value is -3.87. The number of hydrogen-bond donors (Lipinski definition) is 1. The smallest absolute Gasteiger partial charge is 0.251 e. The highest BCUT2D eigenvalue weighted by Gasteiger charge is 2.11. The molecule has 0 aliphatic carbocycles. The Kier molecular flexibility index (Phi) is 6.97. The van der Waals surface area contributed by atoms with Gasteiger partial charge in [0.2, 0.25) is 0 Å². The average Bonchev–Trinajstić information content (AvgIpc) is 3.19. The molecule has 7 nitrogen and oxygen atoms in total. The van der Waals surface area contributed by atoms with Crippen LogP contribution in [0.3, 0.4) is 0 Å². The number of nitrogens with one attached hydrogen (secondary N) is 1. The molecule has 0 spiro atoms.